The zero-order chi connectivity index (χ0) is 23.0. The van der Waals surface area contributed by atoms with Gasteiger partial charge in [-0.05, 0) is 55.0 Å². The van der Waals surface area contributed by atoms with Crippen molar-refractivity contribution in [2.45, 2.75) is 19.6 Å². The Hall–Kier alpha value is -3.45. The monoisotopic (exact) mass is 449 g/mol. The van der Waals surface area contributed by atoms with E-state index in [2.05, 4.69) is 9.88 Å². The van der Waals surface area contributed by atoms with E-state index in [0.717, 1.165) is 42.3 Å². The van der Waals surface area contributed by atoms with Gasteiger partial charge in [0, 0.05) is 50.0 Å². The summed E-state index contributed by atoms with van der Waals surface area (Å²) in [5.74, 6) is 1.04. The number of aromatic nitrogens is 1. The first kappa shape index (κ1) is 22.7. The Morgan fingerprint density at radius 2 is 1.94 bits per heavy atom. The average Bonchev–Trinajstić information content (AvgIpc) is 3.09. The summed E-state index contributed by atoms with van der Waals surface area (Å²) in [7, 11) is 1.65. The van der Waals surface area contributed by atoms with Crippen molar-refractivity contribution in [1.29, 1.82) is 0 Å². The van der Waals surface area contributed by atoms with Gasteiger partial charge >= 0.3 is 0 Å². The molecule has 7 heteroatoms. The highest BCUT2D eigenvalue weighted by Crippen LogP contribution is 2.27. The molecule has 33 heavy (non-hydrogen) atoms. The minimum atomic E-state index is -0.395. The van der Waals surface area contributed by atoms with E-state index in [1.807, 2.05) is 36.4 Å². The number of amides is 1. The molecule has 0 atom stereocenters. The van der Waals surface area contributed by atoms with Crippen LogP contribution in [0.4, 0.5) is 4.39 Å². The Labute approximate surface area is 193 Å². The van der Waals surface area contributed by atoms with Gasteiger partial charge in [0.15, 0.2) is 0 Å². The summed E-state index contributed by atoms with van der Waals surface area (Å²) in [4.78, 5) is 21.3. The van der Waals surface area contributed by atoms with Gasteiger partial charge in [-0.2, -0.15) is 0 Å². The van der Waals surface area contributed by atoms with Crippen LogP contribution in [-0.2, 0) is 13.2 Å². The van der Waals surface area contributed by atoms with Gasteiger partial charge in [-0.15, -0.1) is 0 Å². The molecule has 1 amide bonds. The Morgan fingerprint density at radius 3 is 2.73 bits per heavy atom. The summed E-state index contributed by atoms with van der Waals surface area (Å²) in [6.07, 6.45) is 2.59. The molecule has 1 aliphatic rings. The number of hydrogen-bond acceptors (Lipinski definition) is 5. The number of nitrogens with zero attached hydrogens (tertiary/aromatic N) is 3. The van der Waals surface area contributed by atoms with E-state index < -0.39 is 5.82 Å². The van der Waals surface area contributed by atoms with Crippen LogP contribution in [0.3, 0.4) is 0 Å². The maximum Gasteiger partial charge on any atom is 0.254 e. The van der Waals surface area contributed by atoms with Crippen LogP contribution < -0.4 is 9.47 Å². The summed E-state index contributed by atoms with van der Waals surface area (Å²) in [6.45, 7) is 3.87. The lowest BCUT2D eigenvalue weighted by atomic mass is 10.1. The minimum Gasteiger partial charge on any atom is -0.497 e. The van der Waals surface area contributed by atoms with Crippen LogP contribution in [0.25, 0.3) is 0 Å². The number of pyridine rings is 1. The van der Waals surface area contributed by atoms with Crippen molar-refractivity contribution in [3.63, 3.8) is 0 Å². The smallest absolute Gasteiger partial charge is 0.254 e. The maximum atomic E-state index is 13.5. The van der Waals surface area contributed by atoms with Crippen LogP contribution in [0.2, 0.25) is 0 Å². The van der Waals surface area contributed by atoms with Gasteiger partial charge in [-0.3, -0.25) is 14.7 Å². The number of methoxy groups -OCH3 is 1. The summed E-state index contributed by atoms with van der Waals surface area (Å²) in [6, 6.07) is 17.4. The van der Waals surface area contributed by atoms with Gasteiger partial charge in [0.05, 0.1) is 12.8 Å². The first-order valence-electron chi connectivity index (χ1n) is 11.1. The molecule has 0 spiro atoms. The highest BCUT2D eigenvalue weighted by Gasteiger charge is 2.21. The predicted octanol–water partition coefficient (Wildman–Crippen LogP) is 4.16. The average molecular weight is 450 g/mol. The quantitative estimate of drug-likeness (QED) is 0.542. The summed E-state index contributed by atoms with van der Waals surface area (Å²) < 4.78 is 25.0. The van der Waals surface area contributed by atoms with Crippen molar-refractivity contribution in [3.05, 3.63) is 89.5 Å². The highest BCUT2D eigenvalue weighted by atomic mass is 19.1. The Kier molecular flexibility index (Phi) is 7.52. The summed E-state index contributed by atoms with van der Waals surface area (Å²) in [5, 5.41) is 0. The van der Waals surface area contributed by atoms with Crippen molar-refractivity contribution < 1.29 is 18.7 Å². The van der Waals surface area contributed by atoms with Crippen LogP contribution >= 0.6 is 0 Å². The van der Waals surface area contributed by atoms with Crippen LogP contribution in [0.5, 0.6) is 11.5 Å². The largest absolute Gasteiger partial charge is 0.497 e. The molecule has 0 bridgehead atoms. The van der Waals surface area contributed by atoms with Gasteiger partial charge in [0.25, 0.3) is 5.91 Å². The highest BCUT2D eigenvalue weighted by molar-refractivity contribution is 5.94. The fourth-order valence-electron chi connectivity index (χ4n) is 3.96. The number of halogens is 1. The maximum absolute atomic E-state index is 13.5. The fourth-order valence-corrected chi connectivity index (χ4v) is 3.96. The number of hydrogen-bond donors (Lipinski definition) is 0. The van der Waals surface area contributed by atoms with Gasteiger partial charge in [0.1, 0.15) is 23.9 Å². The molecule has 0 saturated carbocycles. The van der Waals surface area contributed by atoms with Crippen LogP contribution in [0, 0.1) is 5.82 Å². The number of rotatable bonds is 7. The van der Waals surface area contributed by atoms with Crippen molar-refractivity contribution >= 4 is 5.91 Å². The number of benzene rings is 2. The molecular formula is C26H28FN3O3. The third kappa shape index (κ3) is 6.08. The van der Waals surface area contributed by atoms with Gasteiger partial charge < -0.3 is 14.4 Å². The molecule has 0 aliphatic carbocycles. The lowest BCUT2D eigenvalue weighted by Gasteiger charge is -2.23. The first-order chi connectivity index (χ1) is 16.1. The van der Waals surface area contributed by atoms with Crippen LogP contribution in [0.15, 0.2) is 66.9 Å². The Bertz CT molecular complexity index is 1080. The topological polar surface area (TPSA) is 54.9 Å². The second-order valence-corrected chi connectivity index (χ2v) is 8.02. The standard InChI is InChI=1S/C26H28FN3O3/c1-32-24-9-10-25(33-19-23-8-2-3-11-28-23)21(17-24)18-29-12-5-13-30(15-14-29)26(31)20-6-4-7-22(27)16-20/h2-4,6-11,16-17H,5,12-15,18-19H2,1H3. The van der Waals surface area contributed by atoms with Crippen molar-refractivity contribution in [1.82, 2.24) is 14.8 Å². The van der Waals surface area contributed by atoms with Gasteiger partial charge in [0.2, 0.25) is 0 Å². The molecule has 6 nitrogen and oxygen atoms in total. The lowest BCUT2D eigenvalue weighted by Crippen LogP contribution is -2.35. The molecule has 2 aromatic carbocycles. The van der Waals surface area contributed by atoms with E-state index in [1.165, 1.54) is 12.1 Å². The van der Waals surface area contributed by atoms with Crippen molar-refractivity contribution in [2.75, 3.05) is 33.3 Å². The Morgan fingerprint density at radius 1 is 1.03 bits per heavy atom. The third-order valence-electron chi connectivity index (χ3n) is 5.71. The zero-order valence-corrected chi connectivity index (χ0v) is 18.7. The van der Waals surface area contributed by atoms with E-state index >= 15 is 0 Å². The van der Waals surface area contributed by atoms with Crippen LogP contribution in [0.1, 0.15) is 28.0 Å². The predicted molar refractivity (Wildman–Crippen MR) is 124 cm³/mol. The van der Waals surface area contributed by atoms with E-state index in [1.54, 1.807) is 30.3 Å². The fraction of sp³-hybridized carbons (Fsp3) is 0.308. The van der Waals surface area contributed by atoms with E-state index in [9.17, 15) is 9.18 Å². The minimum absolute atomic E-state index is 0.128. The molecule has 3 aromatic rings. The normalized spacial score (nSPS) is 14.5. The molecule has 0 unspecified atom stereocenters. The first-order valence-corrected chi connectivity index (χ1v) is 11.1. The molecule has 1 fully saturated rings. The van der Waals surface area contributed by atoms with E-state index in [0.29, 0.717) is 31.8 Å². The van der Waals surface area contributed by atoms with Gasteiger partial charge in [-0.1, -0.05) is 12.1 Å². The molecule has 2 heterocycles. The number of ether oxygens (including phenoxy) is 2. The molecule has 172 valence electrons. The molecule has 1 aromatic heterocycles. The van der Waals surface area contributed by atoms with Crippen molar-refractivity contribution in [2.24, 2.45) is 0 Å². The number of carbonyl (C=O) groups is 1. The SMILES string of the molecule is COc1ccc(OCc2ccccn2)c(CN2CCCN(C(=O)c3cccc(F)c3)CC2)c1. The molecule has 1 saturated heterocycles. The molecule has 0 radical (unpaired) electrons. The second kappa shape index (κ2) is 10.9. The number of carbonyl (C=O) groups excluding carboxylic acids is 1. The third-order valence-corrected chi connectivity index (χ3v) is 5.71. The summed E-state index contributed by atoms with van der Waals surface area (Å²) >= 11 is 0. The van der Waals surface area contributed by atoms with E-state index in [-0.39, 0.29) is 5.91 Å². The Balaban J connectivity index is 1.42. The lowest BCUT2D eigenvalue weighted by molar-refractivity contribution is 0.0760. The molecular weight excluding hydrogens is 421 g/mol. The summed E-state index contributed by atoms with van der Waals surface area (Å²) in [5.41, 5.74) is 2.28. The van der Waals surface area contributed by atoms with Crippen LogP contribution in [-0.4, -0.2) is 54.0 Å². The molecule has 0 N–H and O–H groups in total. The van der Waals surface area contributed by atoms with E-state index in [4.69, 9.17) is 9.47 Å². The second-order valence-electron chi connectivity index (χ2n) is 8.02. The zero-order valence-electron chi connectivity index (χ0n) is 18.7. The molecule has 1 aliphatic heterocycles. The van der Waals surface area contributed by atoms with Gasteiger partial charge in [-0.25, -0.2) is 4.39 Å². The molecule has 4 rings (SSSR count). The van der Waals surface area contributed by atoms with Crippen molar-refractivity contribution in [3.8, 4) is 11.5 Å².